The van der Waals surface area contributed by atoms with Crippen molar-refractivity contribution in [2.24, 2.45) is 0 Å². The highest BCUT2D eigenvalue weighted by Crippen LogP contribution is 2.42. The summed E-state index contributed by atoms with van der Waals surface area (Å²) in [4.78, 5) is 14.2. The molecule has 3 rings (SSSR count). The Morgan fingerprint density at radius 2 is 1.95 bits per heavy atom. The van der Waals surface area contributed by atoms with E-state index >= 15 is 0 Å². The lowest BCUT2D eigenvalue weighted by Gasteiger charge is -2.37. The summed E-state index contributed by atoms with van der Waals surface area (Å²) in [5, 5.41) is 0. The molecule has 21 heavy (non-hydrogen) atoms. The molecule has 2 aliphatic heterocycles. The first-order chi connectivity index (χ1) is 10.2. The Morgan fingerprint density at radius 3 is 2.71 bits per heavy atom. The summed E-state index contributed by atoms with van der Waals surface area (Å²) in [6, 6.07) is -0.0461. The average molecular weight is 295 g/mol. The monoisotopic (exact) mass is 295 g/mol. The van der Waals surface area contributed by atoms with Gasteiger partial charge in [-0.2, -0.15) is 0 Å². The summed E-state index contributed by atoms with van der Waals surface area (Å²) in [5.74, 6) is -0.0694. The average Bonchev–Trinajstić information content (AvgIpc) is 2.90. The molecule has 4 nitrogen and oxygen atoms in total. The largest absolute Gasteiger partial charge is 0.468 e. The number of piperidine rings is 1. The molecule has 3 fully saturated rings. The van der Waals surface area contributed by atoms with Crippen molar-refractivity contribution in [1.29, 1.82) is 0 Å². The van der Waals surface area contributed by atoms with Crippen molar-refractivity contribution in [2.45, 2.75) is 82.0 Å². The van der Waals surface area contributed by atoms with E-state index in [-0.39, 0.29) is 17.6 Å². The van der Waals surface area contributed by atoms with Crippen LogP contribution in [-0.2, 0) is 14.3 Å². The quantitative estimate of drug-likeness (QED) is 0.751. The van der Waals surface area contributed by atoms with Gasteiger partial charge in [0, 0.05) is 6.54 Å². The third kappa shape index (κ3) is 3.42. The number of likely N-dealkylation sites (tertiary alicyclic amines) is 1. The molecule has 3 aliphatic rings. The molecule has 1 aliphatic carbocycles. The van der Waals surface area contributed by atoms with E-state index in [9.17, 15) is 4.79 Å². The maximum absolute atomic E-state index is 11.9. The minimum absolute atomic E-state index is 0.0461. The normalized spacial score (nSPS) is 33.2. The molecule has 0 radical (unpaired) electrons. The van der Waals surface area contributed by atoms with Gasteiger partial charge >= 0.3 is 5.97 Å². The van der Waals surface area contributed by atoms with E-state index in [1.165, 1.54) is 52.1 Å². The van der Waals surface area contributed by atoms with Gasteiger partial charge in [0.25, 0.3) is 0 Å². The fraction of sp³-hybridized carbons (Fsp3) is 0.941. The Balaban J connectivity index is 1.56. The van der Waals surface area contributed by atoms with Gasteiger partial charge in [-0.15, -0.1) is 0 Å². The van der Waals surface area contributed by atoms with Gasteiger partial charge in [-0.25, -0.2) is 0 Å². The number of carbonyl (C=O) groups is 1. The summed E-state index contributed by atoms with van der Waals surface area (Å²) >= 11 is 0. The second-order valence-electron chi connectivity index (χ2n) is 7.05. The minimum atomic E-state index is -0.0694. The predicted octanol–water partition coefficient (Wildman–Crippen LogP) is 2.90. The number of methoxy groups -OCH3 is 1. The molecular formula is C17H29NO3. The van der Waals surface area contributed by atoms with Gasteiger partial charge in [0.05, 0.1) is 18.8 Å². The standard InChI is InChI=1S/C17H29NO3/c1-20-16(19)15-7-3-6-12-18(15)13-14-8-11-17(21-14)9-4-2-5-10-17/h14-15H,2-13H2,1H3. The third-order valence-electron chi connectivity index (χ3n) is 5.63. The molecule has 0 aromatic heterocycles. The molecule has 0 aromatic rings. The van der Waals surface area contributed by atoms with Crippen LogP contribution in [0.1, 0.15) is 64.2 Å². The Morgan fingerprint density at radius 1 is 1.14 bits per heavy atom. The number of nitrogens with zero attached hydrogens (tertiary/aromatic N) is 1. The van der Waals surface area contributed by atoms with Crippen molar-refractivity contribution >= 4 is 5.97 Å². The molecule has 120 valence electrons. The summed E-state index contributed by atoms with van der Waals surface area (Å²) in [6.45, 7) is 1.91. The summed E-state index contributed by atoms with van der Waals surface area (Å²) < 4.78 is 11.4. The van der Waals surface area contributed by atoms with E-state index in [1.807, 2.05) is 0 Å². The molecule has 1 saturated carbocycles. The van der Waals surface area contributed by atoms with Gasteiger partial charge < -0.3 is 9.47 Å². The molecule has 0 N–H and O–H groups in total. The molecule has 0 bridgehead atoms. The first kappa shape index (κ1) is 15.3. The second-order valence-corrected chi connectivity index (χ2v) is 7.05. The van der Waals surface area contributed by atoms with Crippen LogP contribution in [0.25, 0.3) is 0 Å². The molecule has 0 aromatic carbocycles. The van der Waals surface area contributed by atoms with Gasteiger partial charge in [0.2, 0.25) is 0 Å². The van der Waals surface area contributed by atoms with E-state index in [1.54, 1.807) is 0 Å². The molecule has 2 unspecified atom stereocenters. The molecule has 0 amide bonds. The van der Waals surface area contributed by atoms with Crippen LogP contribution in [0.15, 0.2) is 0 Å². The number of esters is 1. The lowest BCUT2D eigenvalue weighted by Crippen LogP contribution is -2.48. The summed E-state index contributed by atoms with van der Waals surface area (Å²) in [6.07, 6.45) is 12.4. The van der Waals surface area contributed by atoms with Crippen LogP contribution >= 0.6 is 0 Å². The fourth-order valence-electron chi connectivity index (χ4n) is 4.46. The zero-order valence-corrected chi connectivity index (χ0v) is 13.3. The number of rotatable bonds is 3. The topological polar surface area (TPSA) is 38.8 Å². The SMILES string of the molecule is COC(=O)C1CCCCN1CC1CCC2(CCCCC2)O1. The van der Waals surface area contributed by atoms with Crippen LogP contribution in [0, 0.1) is 0 Å². The molecule has 2 heterocycles. The second kappa shape index (κ2) is 6.66. The molecule has 1 spiro atoms. The van der Waals surface area contributed by atoms with Gasteiger partial charge in [0.15, 0.2) is 0 Å². The zero-order valence-electron chi connectivity index (χ0n) is 13.3. The van der Waals surface area contributed by atoms with E-state index < -0.39 is 0 Å². The van der Waals surface area contributed by atoms with E-state index in [0.29, 0.717) is 6.10 Å². The van der Waals surface area contributed by atoms with E-state index in [4.69, 9.17) is 9.47 Å². The van der Waals surface area contributed by atoms with Crippen molar-refractivity contribution < 1.29 is 14.3 Å². The van der Waals surface area contributed by atoms with Crippen molar-refractivity contribution in [3.05, 3.63) is 0 Å². The van der Waals surface area contributed by atoms with E-state index in [0.717, 1.165) is 32.4 Å². The third-order valence-corrected chi connectivity index (χ3v) is 5.63. The molecule has 4 heteroatoms. The predicted molar refractivity (Wildman–Crippen MR) is 81.2 cm³/mol. The van der Waals surface area contributed by atoms with Crippen LogP contribution < -0.4 is 0 Å². The smallest absolute Gasteiger partial charge is 0.323 e. The van der Waals surface area contributed by atoms with Crippen molar-refractivity contribution in [3.8, 4) is 0 Å². The molecule has 2 saturated heterocycles. The van der Waals surface area contributed by atoms with Gasteiger partial charge in [0.1, 0.15) is 6.04 Å². The lowest BCUT2D eigenvalue weighted by atomic mass is 9.83. The fourth-order valence-corrected chi connectivity index (χ4v) is 4.46. The lowest BCUT2D eigenvalue weighted by molar-refractivity contribution is -0.149. The van der Waals surface area contributed by atoms with Crippen LogP contribution in [0.3, 0.4) is 0 Å². The minimum Gasteiger partial charge on any atom is -0.468 e. The zero-order chi connectivity index (χ0) is 14.7. The Hall–Kier alpha value is -0.610. The molecular weight excluding hydrogens is 266 g/mol. The van der Waals surface area contributed by atoms with Crippen LogP contribution in [0.4, 0.5) is 0 Å². The summed E-state index contributed by atoms with van der Waals surface area (Å²) in [5.41, 5.74) is 0.180. The number of carbonyl (C=O) groups excluding carboxylic acids is 1. The number of ether oxygens (including phenoxy) is 2. The van der Waals surface area contributed by atoms with Gasteiger partial charge in [-0.05, 0) is 45.1 Å². The Kier molecular flexibility index (Phi) is 4.85. The number of hydrogen-bond donors (Lipinski definition) is 0. The van der Waals surface area contributed by atoms with E-state index in [2.05, 4.69) is 4.90 Å². The maximum Gasteiger partial charge on any atom is 0.323 e. The first-order valence-electron chi connectivity index (χ1n) is 8.72. The van der Waals surface area contributed by atoms with Crippen LogP contribution in [0.2, 0.25) is 0 Å². The van der Waals surface area contributed by atoms with Crippen LogP contribution in [-0.4, -0.2) is 48.8 Å². The molecule has 2 atom stereocenters. The van der Waals surface area contributed by atoms with Crippen molar-refractivity contribution in [3.63, 3.8) is 0 Å². The highest BCUT2D eigenvalue weighted by atomic mass is 16.5. The maximum atomic E-state index is 11.9. The summed E-state index contributed by atoms with van der Waals surface area (Å²) in [7, 11) is 1.50. The highest BCUT2D eigenvalue weighted by Gasteiger charge is 2.42. The van der Waals surface area contributed by atoms with Crippen molar-refractivity contribution in [1.82, 2.24) is 4.90 Å². The Labute approximate surface area is 128 Å². The van der Waals surface area contributed by atoms with Gasteiger partial charge in [-0.3, -0.25) is 9.69 Å². The van der Waals surface area contributed by atoms with Gasteiger partial charge in [-0.1, -0.05) is 25.7 Å². The number of hydrogen-bond acceptors (Lipinski definition) is 4. The Bertz CT molecular complexity index is 365. The van der Waals surface area contributed by atoms with Crippen LogP contribution in [0.5, 0.6) is 0 Å². The highest BCUT2D eigenvalue weighted by molar-refractivity contribution is 5.75. The van der Waals surface area contributed by atoms with Crippen molar-refractivity contribution in [2.75, 3.05) is 20.2 Å². The first-order valence-corrected chi connectivity index (χ1v) is 8.72.